The molecule has 1 aromatic carbocycles. The van der Waals surface area contributed by atoms with Gasteiger partial charge in [0.15, 0.2) is 5.58 Å². The Morgan fingerprint density at radius 1 is 1.41 bits per heavy atom. The van der Waals surface area contributed by atoms with E-state index in [1.54, 1.807) is 7.05 Å². The van der Waals surface area contributed by atoms with Crippen LogP contribution in [0.2, 0.25) is 0 Å². The van der Waals surface area contributed by atoms with Crippen LogP contribution in [-0.4, -0.2) is 50.6 Å². The standard InChI is InChI=1S/C12H13N3O6S/c1-15-6-7(20-12(15)17)5-13-22(18,19)8-2-3-9-10(4-8)21-11(16)14-9/h2-4,7,13H,5-6H2,1H3,(H,14,16). The van der Waals surface area contributed by atoms with Gasteiger partial charge in [0.25, 0.3) is 0 Å². The molecule has 1 aliphatic rings. The minimum absolute atomic E-state index is 0.0342. The molecular formula is C12H13N3O6S. The zero-order valence-electron chi connectivity index (χ0n) is 11.5. The van der Waals surface area contributed by atoms with Crippen molar-refractivity contribution < 1.29 is 22.4 Å². The molecule has 9 nitrogen and oxygen atoms in total. The molecule has 1 fully saturated rings. The topological polar surface area (TPSA) is 122 Å². The molecule has 0 radical (unpaired) electrons. The van der Waals surface area contributed by atoms with Crippen LogP contribution >= 0.6 is 0 Å². The predicted octanol–water partition coefficient (Wildman–Crippen LogP) is -0.150. The number of aromatic amines is 1. The highest BCUT2D eigenvalue weighted by Gasteiger charge is 2.29. The molecule has 0 bridgehead atoms. The van der Waals surface area contributed by atoms with Crippen molar-refractivity contribution in [2.45, 2.75) is 11.0 Å². The third kappa shape index (κ3) is 2.70. The maximum absolute atomic E-state index is 12.2. The molecule has 1 aliphatic heterocycles. The number of hydrogen-bond donors (Lipinski definition) is 2. The summed E-state index contributed by atoms with van der Waals surface area (Å²) in [4.78, 5) is 26.0. The molecule has 1 saturated heterocycles. The van der Waals surface area contributed by atoms with E-state index in [0.29, 0.717) is 12.1 Å². The van der Waals surface area contributed by atoms with E-state index in [9.17, 15) is 18.0 Å². The summed E-state index contributed by atoms with van der Waals surface area (Å²) < 4.78 is 36.6. The molecule has 22 heavy (non-hydrogen) atoms. The summed E-state index contributed by atoms with van der Waals surface area (Å²) in [7, 11) is -2.23. The first kappa shape index (κ1) is 14.6. The summed E-state index contributed by atoms with van der Waals surface area (Å²) in [5, 5.41) is 0. The molecule has 1 amide bonds. The molecule has 1 aromatic heterocycles. The first-order valence-corrected chi connectivity index (χ1v) is 7.88. The Labute approximate surface area is 124 Å². The molecule has 1 unspecified atom stereocenters. The van der Waals surface area contributed by atoms with Gasteiger partial charge in [-0.05, 0) is 12.1 Å². The first-order chi connectivity index (χ1) is 10.3. The van der Waals surface area contributed by atoms with Crippen molar-refractivity contribution in [3.05, 3.63) is 28.7 Å². The minimum atomic E-state index is -3.80. The number of amides is 1. The molecule has 0 spiro atoms. The fraction of sp³-hybridized carbons (Fsp3) is 0.333. The molecular weight excluding hydrogens is 314 g/mol. The monoisotopic (exact) mass is 327 g/mol. The number of benzene rings is 1. The van der Waals surface area contributed by atoms with Gasteiger partial charge in [-0.2, -0.15) is 0 Å². The van der Waals surface area contributed by atoms with Gasteiger partial charge in [0.1, 0.15) is 6.10 Å². The third-order valence-electron chi connectivity index (χ3n) is 3.26. The lowest BCUT2D eigenvalue weighted by Gasteiger charge is -2.10. The Kier molecular flexibility index (Phi) is 3.41. The summed E-state index contributed by atoms with van der Waals surface area (Å²) in [6.07, 6.45) is -1.03. The number of aromatic nitrogens is 1. The van der Waals surface area contributed by atoms with Crippen molar-refractivity contribution in [3.63, 3.8) is 0 Å². The molecule has 0 aliphatic carbocycles. The second kappa shape index (κ2) is 5.14. The minimum Gasteiger partial charge on any atom is -0.443 e. The number of carbonyl (C=O) groups excluding carboxylic acids is 1. The van der Waals surface area contributed by atoms with Gasteiger partial charge >= 0.3 is 11.8 Å². The van der Waals surface area contributed by atoms with Gasteiger partial charge in [-0.25, -0.2) is 22.7 Å². The van der Waals surface area contributed by atoms with Gasteiger partial charge in [-0.1, -0.05) is 0 Å². The Morgan fingerprint density at radius 3 is 2.86 bits per heavy atom. The van der Waals surface area contributed by atoms with Crippen molar-refractivity contribution in [2.75, 3.05) is 20.1 Å². The molecule has 2 aromatic rings. The number of carbonyl (C=O) groups is 1. The SMILES string of the molecule is CN1CC(CNS(=O)(=O)c2ccc3[nH]c(=O)oc3c2)OC1=O. The zero-order chi connectivity index (χ0) is 15.9. The van der Waals surface area contributed by atoms with Crippen molar-refractivity contribution in [3.8, 4) is 0 Å². The van der Waals surface area contributed by atoms with Crippen LogP contribution in [0, 0.1) is 0 Å². The maximum Gasteiger partial charge on any atom is 0.417 e. The van der Waals surface area contributed by atoms with E-state index in [4.69, 9.17) is 9.15 Å². The fourth-order valence-corrected chi connectivity index (χ4v) is 3.22. The van der Waals surface area contributed by atoms with Crippen LogP contribution < -0.4 is 10.5 Å². The summed E-state index contributed by atoms with van der Waals surface area (Å²) >= 11 is 0. The molecule has 1 atom stereocenters. The number of hydrogen-bond acceptors (Lipinski definition) is 6. The predicted molar refractivity (Wildman–Crippen MR) is 74.9 cm³/mol. The van der Waals surface area contributed by atoms with Crippen LogP contribution in [0.25, 0.3) is 11.1 Å². The zero-order valence-corrected chi connectivity index (χ0v) is 12.3. The average molecular weight is 327 g/mol. The Bertz CT molecular complexity index is 884. The average Bonchev–Trinajstić information content (AvgIpc) is 2.98. The maximum atomic E-state index is 12.2. The van der Waals surface area contributed by atoms with Gasteiger partial charge in [0, 0.05) is 19.7 Å². The van der Waals surface area contributed by atoms with Crippen LogP contribution in [0.15, 0.2) is 32.3 Å². The van der Waals surface area contributed by atoms with Crippen LogP contribution in [0.1, 0.15) is 0 Å². The van der Waals surface area contributed by atoms with Crippen LogP contribution in [0.4, 0.5) is 4.79 Å². The van der Waals surface area contributed by atoms with Crippen molar-refractivity contribution in [1.29, 1.82) is 0 Å². The highest BCUT2D eigenvalue weighted by molar-refractivity contribution is 7.89. The number of oxazole rings is 1. The van der Waals surface area contributed by atoms with Crippen LogP contribution in [0.3, 0.4) is 0 Å². The highest BCUT2D eigenvalue weighted by atomic mass is 32.2. The number of nitrogens with zero attached hydrogens (tertiary/aromatic N) is 1. The Balaban J connectivity index is 1.76. The number of likely N-dealkylation sites (N-methyl/N-ethyl adjacent to an activating group) is 1. The van der Waals surface area contributed by atoms with E-state index < -0.39 is 28.0 Å². The van der Waals surface area contributed by atoms with Crippen LogP contribution in [-0.2, 0) is 14.8 Å². The van der Waals surface area contributed by atoms with Crippen molar-refractivity contribution in [2.24, 2.45) is 0 Å². The lowest BCUT2D eigenvalue weighted by Crippen LogP contribution is -2.34. The number of ether oxygens (including phenoxy) is 1. The summed E-state index contributed by atoms with van der Waals surface area (Å²) in [5.74, 6) is -0.654. The highest BCUT2D eigenvalue weighted by Crippen LogP contribution is 2.17. The normalized spacial score (nSPS) is 18.9. The van der Waals surface area contributed by atoms with E-state index in [-0.39, 0.29) is 17.0 Å². The van der Waals surface area contributed by atoms with Gasteiger partial charge in [0.05, 0.1) is 17.0 Å². The lowest BCUT2D eigenvalue weighted by molar-refractivity contribution is 0.135. The van der Waals surface area contributed by atoms with E-state index >= 15 is 0 Å². The molecule has 2 N–H and O–H groups in total. The number of nitrogens with one attached hydrogen (secondary N) is 2. The fourth-order valence-electron chi connectivity index (χ4n) is 2.13. The van der Waals surface area contributed by atoms with Crippen LogP contribution in [0.5, 0.6) is 0 Å². The third-order valence-corrected chi connectivity index (χ3v) is 4.68. The van der Waals surface area contributed by atoms with Gasteiger partial charge in [-0.15, -0.1) is 0 Å². The quantitative estimate of drug-likeness (QED) is 0.805. The molecule has 0 saturated carbocycles. The lowest BCUT2D eigenvalue weighted by atomic mass is 10.3. The van der Waals surface area contributed by atoms with Crippen molar-refractivity contribution in [1.82, 2.24) is 14.6 Å². The largest absolute Gasteiger partial charge is 0.443 e. The van der Waals surface area contributed by atoms with E-state index in [0.717, 1.165) is 0 Å². The molecule has 2 heterocycles. The van der Waals surface area contributed by atoms with Gasteiger partial charge in [-0.3, -0.25) is 4.98 Å². The number of rotatable bonds is 4. The van der Waals surface area contributed by atoms with E-state index in [2.05, 4.69) is 9.71 Å². The second-order valence-corrected chi connectivity index (χ2v) is 6.68. The second-order valence-electron chi connectivity index (χ2n) is 4.91. The number of H-pyrrole nitrogens is 1. The van der Waals surface area contributed by atoms with Gasteiger partial charge in [0.2, 0.25) is 10.0 Å². The summed E-state index contributed by atoms with van der Waals surface area (Å²) in [6, 6.07) is 4.05. The number of cyclic esters (lactones) is 1. The van der Waals surface area contributed by atoms with Crippen molar-refractivity contribution >= 4 is 27.2 Å². The summed E-state index contributed by atoms with van der Waals surface area (Å²) in [5.41, 5.74) is 0.565. The Morgan fingerprint density at radius 2 is 2.18 bits per heavy atom. The molecule has 10 heteroatoms. The number of sulfonamides is 1. The summed E-state index contributed by atoms with van der Waals surface area (Å²) in [6.45, 7) is 0.278. The molecule has 3 rings (SSSR count). The van der Waals surface area contributed by atoms with E-state index in [1.807, 2.05) is 0 Å². The smallest absolute Gasteiger partial charge is 0.417 e. The van der Waals surface area contributed by atoms with E-state index in [1.165, 1.54) is 23.1 Å². The molecule has 118 valence electrons. The first-order valence-electron chi connectivity index (χ1n) is 6.39. The van der Waals surface area contributed by atoms with Gasteiger partial charge < -0.3 is 14.1 Å². The number of fused-ring (bicyclic) bond motifs is 1. The Hall–Kier alpha value is -2.33.